The van der Waals surface area contributed by atoms with Crippen LogP contribution >= 0.6 is 11.6 Å². The molecule has 0 saturated heterocycles. The quantitative estimate of drug-likeness (QED) is 0.423. The molecule has 2 aromatic carbocycles. The summed E-state index contributed by atoms with van der Waals surface area (Å²) in [6.45, 7) is 7.50. The molecule has 4 rings (SSSR count). The van der Waals surface area contributed by atoms with Gasteiger partial charge in [0.2, 0.25) is 17.7 Å². The van der Waals surface area contributed by atoms with Crippen molar-refractivity contribution in [1.82, 2.24) is 21.3 Å². The van der Waals surface area contributed by atoms with E-state index in [0.29, 0.717) is 37.6 Å². The molecule has 0 bridgehead atoms. The Kier molecular flexibility index (Phi) is 11.3. The summed E-state index contributed by atoms with van der Waals surface area (Å²) in [5.41, 5.74) is 0.837. The maximum atomic E-state index is 14.0. The van der Waals surface area contributed by atoms with Crippen LogP contribution in [0.3, 0.4) is 0 Å². The van der Waals surface area contributed by atoms with Crippen molar-refractivity contribution >= 4 is 29.3 Å². The Morgan fingerprint density at radius 3 is 2.55 bits per heavy atom. The molecule has 1 spiro atoms. The summed E-state index contributed by atoms with van der Waals surface area (Å²) in [5, 5.41) is 13.2. The number of hydrogen-bond acceptors (Lipinski definition) is 5. The molecule has 1 fully saturated rings. The molecular formula is C33H45ClN4O4. The molecule has 1 saturated carbocycles. The van der Waals surface area contributed by atoms with E-state index in [4.69, 9.17) is 16.3 Å². The first kappa shape index (κ1) is 31.8. The minimum Gasteiger partial charge on any atom is -0.492 e. The summed E-state index contributed by atoms with van der Waals surface area (Å²) >= 11 is 6.24. The van der Waals surface area contributed by atoms with E-state index in [1.54, 1.807) is 6.07 Å². The molecule has 3 amide bonds. The Hall–Kier alpha value is -3.10. The molecule has 1 aliphatic heterocycles. The summed E-state index contributed by atoms with van der Waals surface area (Å²) in [7, 11) is 0. The summed E-state index contributed by atoms with van der Waals surface area (Å²) in [5.74, 6) is 0.205. The van der Waals surface area contributed by atoms with Crippen LogP contribution in [0.5, 0.6) is 5.75 Å². The van der Waals surface area contributed by atoms with Gasteiger partial charge in [-0.2, -0.15) is 0 Å². The molecule has 2 aromatic rings. The van der Waals surface area contributed by atoms with Gasteiger partial charge in [0, 0.05) is 24.5 Å². The van der Waals surface area contributed by atoms with Crippen LogP contribution in [0.15, 0.2) is 48.5 Å². The Morgan fingerprint density at radius 1 is 1.05 bits per heavy atom. The standard InChI is InChI=1S/C33H45ClN4O4/c1-4-23(3)29-31(40)38-33(14-7-8-15-33)32(41)37-27(20-24-10-9-12-26(34)19-24)30(39)36-21-22(2)18-25-11-5-6-13-28(25)42-17-16-35-29/h5-6,9-13,19,22-23,27,29,35H,4,7-8,14-18,20-21H2,1-3H3,(H,36,39)(H,37,41)(H,38,40)/t22?,23-,27-,29-/m0/s1. The summed E-state index contributed by atoms with van der Waals surface area (Å²) < 4.78 is 6.15. The van der Waals surface area contributed by atoms with E-state index in [9.17, 15) is 14.4 Å². The summed E-state index contributed by atoms with van der Waals surface area (Å²) in [6.07, 6.45) is 4.50. The minimum atomic E-state index is -1.06. The van der Waals surface area contributed by atoms with Gasteiger partial charge in [-0.15, -0.1) is 0 Å². The average molecular weight is 597 g/mol. The SMILES string of the molecule is CC[C@H](C)[C@@H]1NCCOc2ccccc2CC(C)CNC(=O)[C@H](Cc2cccc(Cl)c2)NC(=O)C2(CCCC2)NC1=O. The van der Waals surface area contributed by atoms with Crippen LogP contribution in [-0.4, -0.2) is 55.0 Å². The van der Waals surface area contributed by atoms with Crippen LogP contribution in [0.4, 0.5) is 0 Å². The van der Waals surface area contributed by atoms with Gasteiger partial charge in [-0.1, -0.05) is 82.0 Å². The number of rotatable bonds is 4. The van der Waals surface area contributed by atoms with Crippen molar-refractivity contribution in [3.05, 3.63) is 64.7 Å². The van der Waals surface area contributed by atoms with Gasteiger partial charge in [0.05, 0.1) is 6.04 Å². The maximum Gasteiger partial charge on any atom is 0.246 e. The second-order valence-corrected chi connectivity index (χ2v) is 12.4. The van der Waals surface area contributed by atoms with E-state index in [1.807, 2.05) is 49.4 Å². The first-order valence-electron chi connectivity index (χ1n) is 15.3. The highest BCUT2D eigenvalue weighted by atomic mass is 35.5. The van der Waals surface area contributed by atoms with Gasteiger partial charge < -0.3 is 26.0 Å². The van der Waals surface area contributed by atoms with Crippen LogP contribution < -0.4 is 26.0 Å². The number of ether oxygens (including phenoxy) is 1. The summed E-state index contributed by atoms with van der Waals surface area (Å²) in [6, 6.07) is 13.9. The number of carbonyl (C=O) groups is 3. The van der Waals surface area contributed by atoms with Crippen molar-refractivity contribution in [3.8, 4) is 5.75 Å². The van der Waals surface area contributed by atoms with Gasteiger partial charge in [0.1, 0.15) is 23.9 Å². The third-order valence-electron chi connectivity index (χ3n) is 8.59. The van der Waals surface area contributed by atoms with Crippen molar-refractivity contribution in [2.45, 2.75) is 83.3 Å². The van der Waals surface area contributed by atoms with Crippen LogP contribution in [0.25, 0.3) is 0 Å². The number of carbonyl (C=O) groups excluding carboxylic acids is 3. The van der Waals surface area contributed by atoms with Gasteiger partial charge in [0.25, 0.3) is 0 Å². The lowest BCUT2D eigenvalue weighted by molar-refractivity contribution is -0.137. The molecule has 4 N–H and O–H groups in total. The van der Waals surface area contributed by atoms with Crippen LogP contribution in [0.2, 0.25) is 5.02 Å². The Bertz CT molecular complexity index is 1230. The van der Waals surface area contributed by atoms with E-state index in [-0.39, 0.29) is 36.0 Å². The van der Waals surface area contributed by atoms with Crippen LogP contribution in [0.1, 0.15) is 64.0 Å². The zero-order valence-corrected chi connectivity index (χ0v) is 25.8. The zero-order valence-electron chi connectivity index (χ0n) is 25.0. The molecule has 0 aromatic heterocycles. The Balaban J connectivity index is 1.64. The number of hydrogen-bond donors (Lipinski definition) is 4. The molecule has 228 valence electrons. The fourth-order valence-electron chi connectivity index (χ4n) is 5.93. The zero-order chi connectivity index (χ0) is 30.1. The molecule has 4 atom stereocenters. The fraction of sp³-hybridized carbons (Fsp3) is 0.545. The van der Waals surface area contributed by atoms with Gasteiger partial charge in [-0.25, -0.2) is 0 Å². The van der Waals surface area contributed by atoms with E-state index in [0.717, 1.165) is 42.6 Å². The molecule has 42 heavy (non-hydrogen) atoms. The number of amides is 3. The van der Waals surface area contributed by atoms with Gasteiger partial charge in [-0.05, 0) is 60.4 Å². The summed E-state index contributed by atoms with van der Waals surface area (Å²) in [4.78, 5) is 41.3. The first-order valence-corrected chi connectivity index (χ1v) is 15.7. The van der Waals surface area contributed by atoms with E-state index in [1.165, 1.54) is 0 Å². The van der Waals surface area contributed by atoms with E-state index in [2.05, 4.69) is 35.1 Å². The highest BCUT2D eigenvalue weighted by molar-refractivity contribution is 6.30. The second-order valence-electron chi connectivity index (χ2n) is 12.0. The smallest absolute Gasteiger partial charge is 0.246 e. The normalized spacial score (nSPS) is 24.8. The highest BCUT2D eigenvalue weighted by Crippen LogP contribution is 2.31. The van der Waals surface area contributed by atoms with Crippen molar-refractivity contribution in [2.24, 2.45) is 11.8 Å². The third-order valence-corrected chi connectivity index (χ3v) is 8.83. The number of benzene rings is 2. The first-order chi connectivity index (χ1) is 20.2. The van der Waals surface area contributed by atoms with E-state index < -0.39 is 17.6 Å². The average Bonchev–Trinajstić information content (AvgIpc) is 3.45. The van der Waals surface area contributed by atoms with Gasteiger partial charge in [0.15, 0.2) is 0 Å². The lowest BCUT2D eigenvalue weighted by Gasteiger charge is -2.34. The number of halogens is 1. The molecule has 0 radical (unpaired) electrons. The molecule has 1 aliphatic carbocycles. The lowest BCUT2D eigenvalue weighted by atomic mass is 9.92. The lowest BCUT2D eigenvalue weighted by Crippen LogP contribution is -2.64. The highest BCUT2D eigenvalue weighted by Gasteiger charge is 2.45. The predicted octanol–water partition coefficient (Wildman–Crippen LogP) is 4.19. The molecule has 1 heterocycles. The monoisotopic (exact) mass is 596 g/mol. The number of fused-ring (bicyclic) bond motifs is 1. The van der Waals surface area contributed by atoms with Crippen molar-refractivity contribution in [2.75, 3.05) is 19.7 Å². The second kappa shape index (κ2) is 14.9. The topological polar surface area (TPSA) is 109 Å². The minimum absolute atomic E-state index is 0.0478. The van der Waals surface area contributed by atoms with Crippen molar-refractivity contribution in [3.63, 3.8) is 0 Å². The predicted molar refractivity (Wildman–Crippen MR) is 165 cm³/mol. The van der Waals surface area contributed by atoms with Crippen molar-refractivity contribution < 1.29 is 19.1 Å². The van der Waals surface area contributed by atoms with Crippen LogP contribution in [-0.2, 0) is 27.2 Å². The number of para-hydroxylation sites is 1. The molecule has 9 heteroatoms. The maximum absolute atomic E-state index is 14.0. The van der Waals surface area contributed by atoms with E-state index >= 15 is 0 Å². The molecule has 1 unspecified atom stereocenters. The Morgan fingerprint density at radius 2 is 1.81 bits per heavy atom. The fourth-order valence-corrected chi connectivity index (χ4v) is 6.14. The molecule has 8 nitrogen and oxygen atoms in total. The van der Waals surface area contributed by atoms with Crippen molar-refractivity contribution in [1.29, 1.82) is 0 Å². The molecular weight excluding hydrogens is 552 g/mol. The Labute approximate surface area is 254 Å². The largest absolute Gasteiger partial charge is 0.492 e. The third kappa shape index (κ3) is 8.26. The van der Waals surface area contributed by atoms with Gasteiger partial charge in [-0.3, -0.25) is 14.4 Å². The molecule has 2 aliphatic rings. The van der Waals surface area contributed by atoms with Crippen LogP contribution in [0, 0.1) is 11.8 Å². The number of nitrogens with one attached hydrogen (secondary N) is 4. The van der Waals surface area contributed by atoms with Gasteiger partial charge >= 0.3 is 0 Å².